The molecule has 1 heterocycles. The van der Waals surface area contributed by atoms with Gasteiger partial charge in [-0.1, -0.05) is 103 Å². The Kier molecular flexibility index (Phi) is 20.6. The highest BCUT2D eigenvalue weighted by Gasteiger charge is 2.39. The molecule has 4 aromatic rings. The van der Waals surface area contributed by atoms with Crippen LogP contribution in [0.2, 0.25) is 0 Å². The zero-order valence-corrected chi connectivity index (χ0v) is 40.6. The maximum atomic E-state index is 14.2. The lowest BCUT2D eigenvalue weighted by molar-refractivity contribution is -0.148. The van der Waals surface area contributed by atoms with E-state index in [1.807, 2.05) is 91.0 Å². The smallest absolute Gasteiger partial charge is 0.408 e. The molecule has 70 heavy (non-hydrogen) atoms. The van der Waals surface area contributed by atoms with Gasteiger partial charge in [0.1, 0.15) is 61.4 Å². The summed E-state index contributed by atoms with van der Waals surface area (Å²) in [5.41, 5.74) is 2.44. The van der Waals surface area contributed by atoms with Gasteiger partial charge >= 0.3 is 18.2 Å². The largest absolute Gasteiger partial charge is 0.489 e. The molecule has 0 unspecified atom stereocenters. The molecule has 0 spiro atoms. The number of unbranched alkanes of at least 4 members (excludes halogenated alkanes) is 1. The molecule has 6 amide bonds. The van der Waals surface area contributed by atoms with E-state index in [0.717, 1.165) is 16.7 Å². The minimum Gasteiger partial charge on any atom is -0.489 e. The van der Waals surface area contributed by atoms with Crippen LogP contribution < -0.4 is 31.3 Å². The minimum atomic E-state index is -1.19. The minimum absolute atomic E-state index is 0.00811. The quantitative estimate of drug-likeness (QED) is 0.0329. The second kappa shape index (κ2) is 26.9. The molecule has 17 heteroatoms. The SMILES string of the molecule is C[C@@H](NC(=O)[C@@H]1CCCN1C(=O)[C@H](CCCCNC(=O)OCc1ccccc1)NC(=O)OC(C)(C)C)C(=O)N[C@@H](Cc1ccc(OCc2ccccc2)cc1)C(=O)N[C@H](C)C(=O)OCc1ccccc1. The molecule has 5 atom stereocenters. The molecule has 1 fully saturated rings. The Morgan fingerprint density at radius 3 is 1.80 bits per heavy atom. The summed E-state index contributed by atoms with van der Waals surface area (Å²) < 4.78 is 22.1. The second-order valence-electron chi connectivity index (χ2n) is 18.1. The van der Waals surface area contributed by atoms with E-state index in [9.17, 15) is 33.6 Å². The van der Waals surface area contributed by atoms with E-state index in [1.54, 1.807) is 45.0 Å². The number of benzene rings is 4. The number of ether oxygens (including phenoxy) is 4. The fourth-order valence-electron chi connectivity index (χ4n) is 7.45. The molecule has 374 valence electrons. The molecule has 5 rings (SSSR count). The van der Waals surface area contributed by atoms with Gasteiger partial charge in [0, 0.05) is 19.5 Å². The van der Waals surface area contributed by atoms with Gasteiger partial charge in [-0.15, -0.1) is 0 Å². The van der Waals surface area contributed by atoms with Crippen molar-refractivity contribution in [3.05, 3.63) is 138 Å². The zero-order valence-electron chi connectivity index (χ0n) is 40.6. The van der Waals surface area contributed by atoms with Crippen molar-refractivity contribution in [1.82, 2.24) is 31.5 Å². The van der Waals surface area contributed by atoms with E-state index in [1.165, 1.54) is 18.7 Å². The molecule has 5 N–H and O–H groups in total. The van der Waals surface area contributed by atoms with Crippen LogP contribution in [-0.2, 0) is 64.4 Å². The third kappa shape index (κ3) is 18.2. The van der Waals surface area contributed by atoms with Gasteiger partial charge in [0.2, 0.25) is 23.6 Å². The van der Waals surface area contributed by atoms with Gasteiger partial charge in [-0.05, 0) is 101 Å². The number of rotatable bonds is 23. The van der Waals surface area contributed by atoms with Gasteiger partial charge in [0.25, 0.3) is 0 Å². The van der Waals surface area contributed by atoms with E-state index in [2.05, 4.69) is 26.6 Å². The first-order chi connectivity index (χ1) is 33.5. The average Bonchev–Trinajstić information content (AvgIpc) is 3.85. The summed E-state index contributed by atoms with van der Waals surface area (Å²) in [5.74, 6) is -2.51. The van der Waals surface area contributed by atoms with Crippen LogP contribution in [0.25, 0.3) is 0 Å². The van der Waals surface area contributed by atoms with Gasteiger partial charge in [0.15, 0.2) is 0 Å². The average molecular weight is 963 g/mol. The molecule has 0 aliphatic carbocycles. The molecule has 4 aromatic carbocycles. The van der Waals surface area contributed by atoms with Gasteiger partial charge < -0.3 is 50.4 Å². The Morgan fingerprint density at radius 2 is 1.20 bits per heavy atom. The van der Waals surface area contributed by atoms with E-state index in [4.69, 9.17) is 18.9 Å². The number of nitrogens with zero attached hydrogens (tertiary/aromatic N) is 1. The number of hydrogen-bond acceptors (Lipinski definition) is 11. The fraction of sp³-hybridized carbons (Fsp3) is 0.415. The maximum Gasteiger partial charge on any atom is 0.408 e. The lowest BCUT2D eigenvalue weighted by Crippen LogP contribution is -2.58. The summed E-state index contributed by atoms with van der Waals surface area (Å²) in [4.78, 5) is 95.3. The first-order valence-electron chi connectivity index (χ1n) is 23.7. The third-order valence-electron chi connectivity index (χ3n) is 11.2. The lowest BCUT2D eigenvalue weighted by atomic mass is 10.0. The molecule has 0 saturated carbocycles. The van der Waals surface area contributed by atoms with Crippen molar-refractivity contribution < 1.29 is 52.5 Å². The van der Waals surface area contributed by atoms with Crippen LogP contribution in [0.1, 0.15) is 89.0 Å². The number of nitrogens with one attached hydrogen (secondary N) is 5. The summed E-state index contributed by atoms with van der Waals surface area (Å²) in [6.45, 7) is 9.01. The normalized spacial score (nSPS) is 14.9. The van der Waals surface area contributed by atoms with Crippen LogP contribution in [0, 0.1) is 0 Å². The van der Waals surface area contributed by atoms with E-state index in [0.29, 0.717) is 43.6 Å². The molecular formula is C53H66N6O11. The van der Waals surface area contributed by atoms with Gasteiger partial charge in [0.05, 0.1) is 0 Å². The number of alkyl carbamates (subject to hydrolysis) is 2. The van der Waals surface area contributed by atoms with Crippen molar-refractivity contribution in [3.63, 3.8) is 0 Å². The first kappa shape index (κ1) is 53.5. The molecule has 17 nitrogen and oxygen atoms in total. The summed E-state index contributed by atoms with van der Waals surface area (Å²) in [6.07, 6.45) is 0.481. The van der Waals surface area contributed by atoms with Crippen molar-refractivity contribution in [2.24, 2.45) is 0 Å². The van der Waals surface area contributed by atoms with Crippen LogP contribution in [-0.4, -0.2) is 95.6 Å². The topological polar surface area (TPSA) is 220 Å². The summed E-state index contributed by atoms with van der Waals surface area (Å²) >= 11 is 0. The van der Waals surface area contributed by atoms with E-state index < -0.39 is 77.6 Å². The number of carbonyl (C=O) groups is 7. The van der Waals surface area contributed by atoms with Gasteiger partial charge in [-0.25, -0.2) is 14.4 Å². The number of amides is 6. The molecule has 1 aliphatic rings. The van der Waals surface area contributed by atoms with Gasteiger partial charge in [-0.2, -0.15) is 0 Å². The highest BCUT2D eigenvalue weighted by Crippen LogP contribution is 2.21. The molecule has 0 bridgehead atoms. The number of hydrogen-bond donors (Lipinski definition) is 5. The zero-order chi connectivity index (χ0) is 50.5. The lowest BCUT2D eigenvalue weighted by Gasteiger charge is -2.30. The monoisotopic (exact) mass is 962 g/mol. The maximum absolute atomic E-state index is 14.2. The van der Waals surface area contributed by atoms with Crippen LogP contribution >= 0.6 is 0 Å². The van der Waals surface area contributed by atoms with E-state index in [-0.39, 0.29) is 39.1 Å². The van der Waals surface area contributed by atoms with Crippen LogP contribution in [0.15, 0.2) is 115 Å². The molecule has 1 saturated heterocycles. The predicted molar refractivity (Wildman–Crippen MR) is 261 cm³/mol. The summed E-state index contributed by atoms with van der Waals surface area (Å²) in [7, 11) is 0. The first-order valence-corrected chi connectivity index (χ1v) is 23.7. The molecule has 1 aliphatic heterocycles. The number of carbonyl (C=O) groups excluding carboxylic acids is 7. The fourth-order valence-corrected chi connectivity index (χ4v) is 7.45. The Morgan fingerprint density at radius 1 is 0.614 bits per heavy atom. The highest BCUT2D eigenvalue weighted by molar-refractivity contribution is 5.96. The van der Waals surface area contributed by atoms with E-state index >= 15 is 0 Å². The molecular weight excluding hydrogens is 897 g/mol. The van der Waals surface area contributed by atoms with Crippen molar-refractivity contribution in [2.75, 3.05) is 13.1 Å². The summed E-state index contributed by atoms with van der Waals surface area (Å²) in [6, 6.07) is 29.6. The van der Waals surface area contributed by atoms with Crippen LogP contribution in [0.5, 0.6) is 5.75 Å². The van der Waals surface area contributed by atoms with Crippen molar-refractivity contribution in [1.29, 1.82) is 0 Å². The number of esters is 1. The molecule has 0 radical (unpaired) electrons. The van der Waals surface area contributed by atoms with Crippen LogP contribution in [0.3, 0.4) is 0 Å². The van der Waals surface area contributed by atoms with Crippen molar-refractivity contribution in [3.8, 4) is 5.75 Å². The Balaban J connectivity index is 1.19. The standard InChI is InChI=1S/C53H66N6O11/c1-36(55-48(62)45-25-17-31-59(45)49(63)43(58-52(66)70-53(3,4)5)24-15-16-30-54-51(65)69-35-41-22-13-8-14-23-41)46(60)57-44(47(61)56-37(2)50(64)68-34-40-20-11-7-12-21-40)32-38-26-28-42(29-27-38)67-33-39-18-9-6-10-19-39/h6-14,18-23,26-29,36-37,43-45H,15-17,24-25,30-35H2,1-5H3,(H,54,65)(H,55,62)(H,56,61)(H,57,60)(H,58,66)/t36-,37-,43+,44+,45+/m1/s1. The Bertz CT molecular complexity index is 2330. The molecule has 0 aromatic heterocycles. The number of likely N-dealkylation sites (tertiary alicyclic amines) is 1. The highest BCUT2D eigenvalue weighted by atomic mass is 16.6. The Labute approximate surface area is 409 Å². The summed E-state index contributed by atoms with van der Waals surface area (Å²) in [5, 5.41) is 13.5. The Hall–Kier alpha value is -7.43. The van der Waals surface area contributed by atoms with Gasteiger partial charge in [-0.3, -0.25) is 19.2 Å². The van der Waals surface area contributed by atoms with Crippen molar-refractivity contribution >= 4 is 41.8 Å². The third-order valence-corrected chi connectivity index (χ3v) is 11.2. The predicted octanol–water partition coefficient (Wildman–Crippen LogP) is 6.03. The second-order valence-corrected chi connectivity index (χ2v) is 18.1. The van der Waals surface area contributed by atoms with Crippen molar-refractivity contribution in [2.45, 2.75) is 129 Å². The van der Waals surface area contributed by atoms with Crippen LogP contribution in [0.4, 0.5) is 9.59 Å².